The van der Waals surface area contributed by atoms with Gasteiger partial charge in [0.25, 0.3) is 0 Å². The fourth-order valence-corrected chi connectivity index (χ4v) is 9.57. The molecule has 0 unspecified atom stereocenters. The lowest BCUT2D eigenvalue weighted by molar-refractivity contribution is 0.491. The van der Waals surface area contributed by atoms with Crippen molar-refractivity contribution in [2.45, 2.75) is 136 Å². The van der Waals surface area contributed by atoms with Gasteiger partial charge in [-0.25, -0.2) is 0 Å². The largest absolute Gasteiger partial charge is 0.355 e. The predicted octanol–water partition coefficient (Wildman–Crippen LogP) is 17.4. The molecule has 6 aromatic rings. The number of nitrogens with one attached hydrogen (secondary N) is 2. The zero-order valence-electron chi connectivity index (χ0n) is 36.5. The molecular weight excluding hydrogens is 713 g/mol. The maximum Gasteiger partial charge on any atom is 0.0463 e. The molecule has 1 aliphatic carbocycles. The molecule has 59 heavy (non-hydrogen) atoms. The van der Waals surface area contributed by atoms with Gasteiger partial charge in [-0.3, -0.25) is 0 Å². The molecule has 1 aliphatic rings. The molecule has 0 radical (unpaired) electrons. The van der Waals surface area contributed by atoms with Gasteiger partial charge in [0.05, 0.1) is 0 Å². The van der Waals surface area contributed by atoms with Crippen molar-refractivity contribution in [3.05, 3.63) is 156 Å². The molecule has 0 saturated carbocycles. The van der Waals surface area contributed by atoms with E-state index in [4.69, 9.17) is 0 Å². The van der Waals surface area contributed by atoms with Crippen molar-refractivity contribution in [1.82, 2.24) is 0 Å². The fourth-order valence-electron chi connectivity index (χ4n) is 9.57. The van der Waals surface area contributed by atoms with Crippen LogP contribution < -0.4 is 10.6 Å². The number of anilines is 4. The lowest BCUT2D eigenvalue weighted by Crippen LogP contribution is -2.23. The molecule has 0 aliphatic heterocycles. The van der Waals surface area contributed by atoms with Crippen LogP contribution in [0.2, 0.25) is 0 Å². The highest BCUT2D eigenvalue weighted by Gasteiger charge is 2.41. The molecule has 2 nitrogen and oxygen atoms in total. The summed E-state index contributed by atoms with van der Waals surface area (Å²) < 4.78 is 0. The summed E-state index contributed by atoms with van der Waals surface area (Å²) in [6, 6.07) is 50.2. The SMILES string of the molecule is CCCCCCCCc1ccc(Nc2ccccc2-c2ccc3c(c2)C(CC)(CC)c2cc(-c4ccccc4Nc4ccc(CCCCCCCC)cc4)ccc2-3)cc1. The van der Waals surface area contributed by atoms with Gasteiger partial charge in [0.15, 0.2) is 0 Å². The summed E-state index contributed by atoms with van der Waals surface area (Å²) in [5.41, 5.74) is 18.0. The van der Waals surface area contributed by atoms with Crippen LogP contribution in [0.3, 0.4) is 0 Å². The average Bonchev–Trinajstić information content (AvgIpc) is 3.56. The third kappa shape index (κ3) is 10.0. The van der Waals surface area contributed by atoms with Crippen LogP contribution in [0.1, 0.15) is 140 Å². The Balaban J connectivity index is 1.08. The van der Waals surface area contributed by atoms with Gasteiger partial charge in [0.2, 0.25) is 0 Å². The minimum Gasteiger partial charge on any atom is -0.355 e. The van der Waals surface area contributed by atoms with Gasteiger partial charge in [-0.15, -0.1) is 0 Å². The quantitative estimate of drug-likeness (QED) is 0.0671. The zero-order chi connectivity index (χ0) is 40.9. The molecule has 0 aromatic heterocycles. The highest BCUT2D eigenvalue weighted by molar-refractivity contribution is 5.90. The van der Waals surface area contributed by atoms with Gasteiger partial charge in [-0.2, -0.15) is 0 Å². The second-order valence-corrected chi connectivity index (χ2v) is 17.1. The van der Waals surface area contributed by atoms with Crippen LogP contribution in [0.15, 0.2) is 133 Å². The summed E-state index contributed by atoms with van der Waals surface area (Å²) in [7, 11) is 0. The highest BCUT2D eigenvalue weighted by atomic mass is 14.9. The molecule has 2 N–H and O–H groups in total. The minimum atomic E-state index is -0.0565. The highest BCUT2D eigenvalue weighted by Crippen LogP contribution is 2.54. The molecule has 0 bridgehead atoms. The van der Waals surface area contributed by atoms with Crippen LogP contribution in [0.25, 0.3) is 33.4 Å². The average molecular weight is 781 g/mol. The number of unbranched alkanes of at least 4 members (excludes halogenated alkanes) is 10. The van der Waals surface area contributed by atoms with Crippen molar-refractivity contribution in [3.8, 4) is 33.4 Å². The Bertz CT molecular complexity index is 2070. The first-order valence-electron chi connectivity index (χ1n) is 23.3. The van der Waals surface area contributed by atoms with Gasteiger partial charge in [0.1, 0.15) is 0 Å². The lowest BCUT2D eigenvalue weighted by atomic mass is 9.73. The Morgan fingerprint density at radius 3 is 1.17 bits per heavy atom. The summed E-state index contributed by atoms with van der Waals surface area (Å²) >= 11 is 0. The number of hydrogen-bond acceptors (Lipinski definition) is 2. The number of fused-ring (bicyclic) bond motifs is 3. The number of benzene rings is 6. The molecule has 0 amide bonds. The molecule has 2 heteroatoms. The predicted molar refractivity (Wildman–Crippen MR) is 258 cm³/mol. The molecular formula is C57H68N2. The van der Waals surface area contributed by atoms with E-state index in [1.165, 1.54) is 133 Å². The van der Waals surface area contributed by atoms with Crippen molar-refractivity contribution < 1.29 is 0 Å². The van der Waals surface area contributed by atoms with Crippen LogP contribution in [0.4, 0.5) is 22.7 Å². The minimum absolute atomic E-state index is 0.0565. The molecule has 306 valence electrons. The van der Waals surface area contributed by atoms with E-state index in [9.17, 15) is 0 Å². The lowest BCUT2D eigenvalue weighted by Gasteiger charge is -2.30. The molecule has 6 aromatic carbocycles. The fraction of sp³-hybridized carbons (Fsp3) is 0.368. The smallest absolute Gasteiger partial charge is 0.0463 e. The second kappa shape index (κ2) is 20.7. The van der Waals surface area contributed by atoms with E-state index in [-0.39, 0.29) is 5.41 Å². The van der Waals surface area contributed by atoms with Crippen molar-refractivity contribution in [1.29, 1.82) is 0 Å². The number of rotatable bonds is 22. The van der Waals surface area contributed by atoms with Crippen LogP contribution >= 0.6 is 0 Å². The van der Waals surface area contributed by atoms with E-state index in [2.05, 4.69) is 172 Å². The van der Waals surface area contributed by atoms with Crippen LogP contribution in [-0.4, -0.2) is 0 Å². The first-order valence-corrected chi connectivity index (χ1v) is 23.3. The summed E-state index contributed by atoms with van der Waals surface area (Å²) in [4.78, 5) is 0. The van der Waals surface area contributed by atoms with Crippen molar-refractivity contribution >= 4 is 22.7 Å². The van der Waals surface area contributed by atoms with Gasteiger partial charge in [0, 0.05) is 39.3 Å². The first kappa shape index (κ1) is 42.1. The van der Waals surface area contributed by atoms with E-state index in [1.54, 1.807) is 0 Å². The van der Waals surface area contributed by atoms with E-state index < -0.39 is 0 Å². The molecule has 0 fully saturated rings. The monoisotopic (exact) mass is 781 g/mol. The van der Waals surface area contributed by atoms with Crippen LogP contribution in [0, 0.1) is 0 Å². The normalized spacial score (nSPS) is 12.6. The maximum atomic E-state index is 3.78. The molecule has 0 atom stereocenters. The Morgan fingerprint density at radius 1 is 0.373 bits per heavy atom. The molecule has 7 rings (SSSR count). The number of para-hydroxylation sites is 2. The van der Waals surface area contributed by atoms with E-state index in [1.807, 2.05) is 0 Å². The van der Waals surface area contributed by atoms with Crippen LogP contribution in [-0.2, 0) is 18.3 Å². The van der Waals surface area contributed by atoms with E-state index in [0.29, 0.717) is 0 Å². The summed E-state index contributed by atoms with van der Waals surface area (Å²) in [6.45, 7) is 9.32. The third-order valence-corrected chi connectivity index (χ3v) is 13.1. The Morgan fingerprint density at radius 2 is 0.763 bits per heavy atom. The zero-order valence-corrected chi connectivity index (χ0v) is 36.5. The molecule has 0 spiro atoms. The summed E-state index contributed by atoms with van der Waals surface area (Å²) in [6.07, 6.45) is 20.4. The standard InChI is InChI=1S/C57H68N2/c1-5-9-11-13-15-17-23-43-29-35-47(36-30-43)58-55-27-21-19-25-49(55)45-33-39-51-52-40-34-46(42-54(52)57(7-3,8-4)53(51)41-45)50-26-20-22-28-56(50)59-48-37-31-44(32-38-48)24-18-16-14-12-10-6-2/h19-22,25-42,58-59H,5-18,23-24H2,1-4H3. The van der Waals surface area contributed by atoms with Crippen molar-refractivity contribution in [3.63, 3.8) is 0 Å². The van der Waals surface area contributed by atoms with Crippen LogP contribution in [0.5, 0.6) is 0 Å². The topological polar surface area (TPSA) is 24.1 Å². The number of hydrogen-bond donors (Lipinski definition) is 2. The summed E-state index contributed by atoms with van der Waals surface area (Å²) in [5.74, 6) is 0. The van der Waals surface area contributed by atoms with Gasteiger partial charge < -0.3 is 10.6 Å². The van der Waals surface area contributed by atoms with E-state index in [0.717, 1.165) is 48.4 Å². The van der Waals surface area contributed by atoms with E-state index >= 15 is 0 Å². The Labute approximate surface area is 356 Å². The van der Waals surface area contributed by atoms with Gasteiger partial charge in [-0.05, 0) is 132 Å². The maximum absolute atomic E-state index is 3.78. The van der Waals surface area contributed by atoms with Gasteiger partial charge in [-0.1, -0.05) is 177 Å². The Kier molecular flexibility index (Phi) is 14.8. The summed E-state index contributed by atoms with van der Waals surface area (Å²) in [5, 5.41) is 7.57. The molecule has 0 heterocycles. The molecule has 0 saturated heterocycles. The van der Waals surface area contributed by atoms with Crippen molar-refractivity contribution in [2.75, 3.05) is 10.6 Å². The number of aryl methyl sites for hydroxylation is 2. The second-order valence-electron chi connectivity index (χ2n) is 17.1. The first-order chi connectivity index (χ1) is 29.1. The van der Waals surface area contributed by atoms with Crippen molar-refractivity contribution in [2.24, 2.45) is 0 Å². The van der Waals surface area contributed by atoms with Gasteiger partial charge >= 0.3 is 0 Å². The third-order valence-electron chi connectivity index (χ3n) is 13.1. The Hall–Kier alpha value is -5.08.